The molecular weight excluding hydrogens is 203 g/mol. The molecule has 1 aromatic carbocycles. The van der Waals surface area contributed by atoms with Gasteiger partial charge >= 0.3 is 0 Å². The van der Waals surface area contributed by atoms with Crippen LogP contribution in [0, 0.1) is 0 Å². The minimum atomic E-state index is 0.00662. The molecule has 0 saturated carbocycles. The summed E-state index contributed by atoms with van der Waals surface area (Å²) >= 11 is 3.32. The normalized spacial score (nSPS) is 10.0. The van der Waals surface area contributed by atoms with E-state index in [0.29, 0.717) is 5.46 Å². The molecule has 1 N–H and O–H groups in total. The number of aliphatic hydroxyl groups is 1. The van der Waals surface area contributed by atoms with Gasteiger partial charge in [0.1, 0.15) is 7.85 Å². The third kappa shape index (κ3) is 2.07. The van der Waals surface area contributed by atoms with Gasteiger partial charge in [-0.05, 0) is 11.1 Å². The molecule has 0 bridgehead atoms. The molecule has 0 unspecified atom stereocenters. The third-order valence-electron chi connectivity index (χ3n) is 1.53. The fourth-order valence-electron chi connectivity index (χ4n) is 0.879. The molecule has 2 radical (unpaired) electrons. The second kappa shape index (κ2) is 3.93. The Balaban J connectivity index is 3.02. The molecule has 0 aromatic heterocycles. The molecule has 0 aliphatic heterocycles. The second-order valence-corrected chi connectivity index (χ2v) is 2.89. The number of halogens is 1. The van der Waals surface area contributed by atoms with Crippen LogP contribution in [0.5, 0.6) is 0 Å². The van der Waals surface area contributed by atoms with Crippen LogP contribution in [-0.4, -0.2) is 13.0 Å². The molecule has 0 saturated heterocycles. The van der Waals surface area contributed by atoms with E-state index in [1.54, 1.807) is 0 Å². The molecule has 1 aromatic rings. The number of hydrogen-bond acceptors (Lipinski definition) is 1. The summed E-state index contributed by atoms with van der Waals surface area (Å²) in [5.74, 6) is 0. The Bertz CT molecular complexity index is 250. The van der Waals surface area contributed by atoms with Gasteiger partial charge in [0.2, 0.25) is 0 Å². The quantitative estimate of drug-likeness (QED) is 0.568. The highest BCUT2D eigenvalue weighted by atomic mass is 79.9. The Kier molecular flexibility index (Phi) is 3.15. The maximum atomic E-state index is 8.84. The minimum Gasteiger partial charge on any atom is -0.392 e. The Morgan fingerprint density at radius 2 is 2.18 bits per heavy atom. The van der Waals surface area contributed by atoms with Crippen molar-refractivity contribution in [1.29, 1.82) is 0 Å². The van der Waals surface area contributed by atoms with E-state index in [1.165, 1.54) is 0 Å². The van der Waals surface area contributed by atoms with Crippen LogP contribution in [0.15, 0.2) is 18.2 Å². The summed E-state index contributed by atoms with van der Waals surface area (Å²) in [5, 5.41) is 9.64. The topological polar surface area (TPSA) is 20.2 Å². The molecule has 11 heavy (non-hydrogen) atoms. The van der Waals surface area contributed by atoms with Crippen molar-refractivity contribution < 1.29 is 5.11 Å². The minimum absolute atomic E-state index is 0.00662. The first kappa shape index (κ1) is 8.82. The van der Waals surface area contributed by atoms with Gasteiger partial charge < -0.3 is 5.11 Å². The fraction of sp³-hybridized carbons (Fsp3) is 0.250. The van der Waals surface area contributed by atoms with Gasteiger partial charge in [-0.25, -0.2) is 0 Å². The predicted octanol–water partition coefficient (Wildman–Crippen LogP) is 0.868. The summed E-state index contributed by atoms with van der Waals surface area (Å²) in [7, 11) is 5.58. The van der Waals surface area contributed by atoms with E-state index in [9.17, 15) is 0 Å². The largest absolute Gasteiger partial charge is 0.392 e. The first-order chi connectivity index (χ1) is 5.27. The monoisotopic (exact) mass is 210 g/mol. The standard InChI is InChI=1S/C8H8BBrO/c9-8-2-1-6(4-10)3-7(8)5-11/h1-3,11H,4-5H2. The van der Waals surface area contributed by atoms with E-state index in [4.69, 9.17) is 13.0 Å². The van der Waals surface area contributed by atoms with E-state index in [-0.39, 0.29) is 6.61 Å². The summed E-state index contributed by atoms with van der Waals surface area (Å²) in [6.07, 6.45) is 0. The molecular formula is C8H8BBrO. The van der Waals surface area contributed by atoms with Gasteiger partial charge in [-0.2, -0.15) is 0 Å². The fourth-order valence-corrected chi connectivity index (χ4v) is 1.23. The SMILES string of the molecule is [B]c1ccc(CBr)cc1CO. The van der Waals surface area contributed by atoms with Gasteiger partial charge in [0.25, 0.3) is 0 Å². The Morgan fingerprint density at radius 3 is 2.73 bits per heavy atom. The lowest BCUT2D eigenvalue weighted by molar-refractivity contribution is 0.283. The highest BCUT2D eigenvalue weighted by Crippen LogP contribution is 2.06. The van der Waals surface area contributed by atoms with Gasteiger partial charge in [0.05, 0.1) is 6.61 Å². The van der Waals surface area contributed by atoms with Crippen LogP contribution in [-0.2, 0) is 11.9 Å². The lowest BCUT2D eigenvalue weighted by atomic mass is 9.90. The van der Waals surface area contributed by atoms with Crippen molar-refractivity contribution >= 4 is 29.2 Å². The first-order valence-electron chi connectivity index (χ1n) is 3.32. The van der Waals surface area contributed by atoms with E-state index in [0.717, 1.165) is 16.5 Å². The van der Waals surface area contributed by atoms with Crippen LogP contribution in [0.1, 0.15) is 11.1 Å². The molecule has 0 spiro atoms. The Labute approximate surface area is 76.0 Å². The Hall–Kier alpha value is -0.275. The van der Waals surface area contributed by atoms with Crippen molar-refractivity contribution in [3.63, 3.8) is 0 Å². The maximum absolute atomic E-state index is 8.84. The highest BCUT2D eigenvalue weighted by molar-refractivity contribution is 9.08. The zero-order valence-corrected chi connectivity index (χ0v) is 7.63. The van der Waals surface area contributed by atoms with Crippen LogP contribution in [0.3, 0.4) is 0 Å². The zero-order valence-electron chi connectivity index (χ0n) is 6.05. The van der Waals surface area contributed by atoms with Crippen LogP contribution < -0.4 is 5.46 Å². The van der Waals surface area contributed by atoms with Crippen molar-refractivity contribution in [2.75, 3.05) is 0 Å². The summed E-state index contributed by atoms with van der Waals surface area (Å²) in [4.78, 5) is 0. The number of rotatable bonds is 2. The van der Waals surface area contributed by atoms with Crippen molar-refractivity contribution in [2.24, 2.45) is 0 Å². The van der Waals surface area contributed by atoms with Crippen molar-refractivity contribution in [3.8, 4) is 0 Å². The molecule has 3 heteroatoms. The number of hydrogen-bond donors (Lipinski definition) is 1. The highest BCUT2D eigenvalue weighted by Gasteiger charge is 1.96. The summed E-state index contributed by atoms with van der Waals surface area (Å²) < 4.78 is 0. The number of benzene rings is 1. The maximum Gasteiger partial charge on any atom is 0.114 e. The lowest BCUT2D eigenvalue weighted by Gasteiger charge is -2.03. The molecule has 0 amide bonds. The van der Waals surface area contributed by atoms with Crippen molar-refractivity contribution in [2.45, 2.75) is 11.9 Å². The van der Waals surface area contributed by atoms with E-state index < -0.39 is 0 Å². The molecule has 0 aliphatic rings. The van der Waals surface area contributed by atoms with Crippen LogP contribution in [0.4, 0.5) is 0 Å². The molecule has 0 fully saturated rings. The number of alkyl halides is 1. The second-order valence-electron chi connectivity index (χ2n) is 2.32. The van der Waals surface area contributed by atoms with Gasteiger partial charge in [-0.1, -0.05) is 39.6 Å². The molecule has 0 aliphatic carbocycles. The van der Waals surface area contributed by atoms with Crippen molar-refractivity contribution in [3.05, 3.63) is 29.3 Å². The van der Waals surface area contributed by atoms with E-state index in [2.05, 4.69) is 15.9 Å². The van der Waals surface area contributed by atoms with Crippen LogP contribution >= 0.6 is 15.9 Å². The third-order valence-corrected chi connectivity index (χ3v) is 2.18. The van der Waals surface area contributed by atoms with E-state index in [1.807, 2.05) is 18.2 Å². The van der Waals surface area contributed by atoms with Gasteiger partial charge in [-0.15, -0.1) is 0 Å². The average molecular weight is 211 g/mol. The van der Waals surface area contributed by atoms with Crippen LogP contribution in [0.25, 0.3) is 0 Å². The summed E-state index contributed by atoms with van der Waals surface area (Å²) in [6, 6.07) is 5.63. The van der Waals surface area contributed by atoms with E-state index >= 15 is 0 Å². The molecule has 1 nitrogen and oxygen atoms in total. The van der Waals surface area contributed by atoms with Gasteiger partial charge in [0, 0.05) is 5.33 Å². The Morgan fingerprint density at radius 1 is 1.45 bits per heavy atom. The van der Waals surface area contributed by atoms with Gasteiger partial charge in [0.15, 0.2) is 0 Å². The average Bonchev–Trinajstić information content (AvgIpc) is 2.05. The van der Waals surface area contributed by atoms with Crippen molar-refractivity contribution in [1.82, 2.24) is 0 Å². The molecule has 56 valence electrons. The first-order valence-corrected chi connectivity index (χ1v) is 4.44. The number of aliphatic hydroxyl groups excluding tert-OH is 1. The zero-order chi connectivity index (χ0) is 8.27. The lowest BCUT2D eigenvalue weighted by Crippen LogP contribution is -2.10. The predicted molar refractivity (Wildman–Crippen MR) is 50.4 cm³/mol. The summed E-state index contributed by atoms with van der Waals surface area (Å²) in [5.41, 5.74) is 2.57. The van der Waals surface area contributed by atoms with Crippen LogP contribution in [0.2, 0.25) is 0 Å². The molecule has 0 heterocycles. The smallest absolute Gasteiger partial charge is 0.114 e. The molecule has 0 atom stereocenters. The van der Waals surface area contributed by atoms with Gasteiger partial charge in [-0.3, -0.25) is 0 Å². The molecule has 1 rings (SSSR count). The summed E-state index contributed by atoms with van der Waals surface area (Å²) in [6.45, 7) is 0.00662.